The summed E-state index contributed by atoms with van der Waals surface area (Å²) >= 11 is 1.93. The van der Waals surface area contributed by atoms with Crippen LogP contribution >= 0.6 is 22.9 Å². The average Bonchev–Trinajstić information content (AvgIpc) is 2.05. The van der Waals surface area contributed by atoms with Crippen molar-refractivity contribution in [2.45, 2.75) is 0 Å². The summed E-state index contributed by atoms with van der Waals surface area (Å²) in [6.07, 6.45) is 3.20. The SMILES string of the molecule is CN(I)C(=O)c1cccnc1. The molecule has 0 spiro atoms. The van der Waals surface area contributed by atoms with Crippen LogP contribution in [-0.2, 0) is 0 Å². The summed E-state index contributed by atoms with van der Waals surface area (Å²) < 4.78 is 1.49. The van der Waals surface area contributed by atoms with Gasteiger partial charge in [0.1, 0.15) is 0 Å². The van der Waals surface area contributed by atoms with Crippen LogP contribution in [0.5, 0.6) is 0 Å². The molecule has 4 heteroatoms. The Morgan fingerprint density at radius 3 is 2.91 bits per heavy atom. The van der Waals surface area contributed by atoms with Crippen molar-refractivity contribution in [2.24, 2.45) is 0 Å². The maximum absolute atomic E-state index is 11.2. The molecule has 0 aromatic carbocycles. The molecule has 0 N–H and O–H groups in total. The van der Waals surface area contributed by atoms with Gasteiger partial charge in [-0.3, -0.25) is 12.9 Å². The lowest BCUT2D eigenvalue weighted by Gasteiger charge is -2.05. The van der Waals surface area contributed by atoms with E-state index in [4.69, 9.17) is 0 Å². The highest BCUT2D eigenvalue weighted by atomic mass is 127. The summed E-state index contributed by atoms with van der Waals surface area (Å²) in [5, 5.41) is 0. The molecule has 1 aromatic heterocycles. The van der Waals surface area contributed by atoms with Crippen LogP contribution in [0.25, 0.3) is 0 Å². The van der Waals surface area contributed by atoms with Gasteiger partial charge in [0.2, 0.25) is 0 Å². The number of amides is 1. The maximum Gasteiger partial charge on any atom is 0.263 e. The monoisotopic (exact) mass is 262 g/mol. The zero-order valence-electron chi connectivity index (χ0n) is 5.99. The van der Waals surface area contributed by atoms with Gasteiger partial charge >= 0.3 is 0 Å². The fourth-order valence-electron chi connectivity index (χ4n) is 0.667. The average molecular weight is 262 g/mol. The first kappa shape index (κ1) is 8.45. The van der Waals surface area contributed by atoms with Gasteiger partial charge in [0, 0.05) is 19.4 Å². The van der Waals surface area contributed by atoms with E-state index in [0.717, 1.165) is 0 Å². The highest BCUT2D eigenvalue weighted by molar-refractivity contribution is 14.1. The number of nitrogens with zero attached hydrogens (tertiary/aromatic N) is 2. The molecule has 1 aromatic rings. The number of pyridine rings is 1. The predicted octanol–water partition coefficient (Wildman–Crippen LogP) is 1.50. The summed E-state index contributed by atoms with van der Waals surface area (Å²) in [6, 6.07) is 3.48. The first-order valence-electron chi connectivity index (χ1n) is 3.05. The Morgan fingerprint density at radius 1 is 1.73 bits per heavy atom. The normalized spacial score (nSPS) is 9.27. The van der Waals surface area contributed by atoms with Crippen LogP contribution in [0.15, 0.2) is 24.5 Å². The van der Waals surface area contributed by atoms with Crippen molar-refractivity contribution in [2.75, 3.05) is 7.05 Å². The molecule has 1 amide bonds. The summed E-state index contributed by atoms with van der Waals surface area (Å²) in [4.78, 5) is 15.1. The molecule has 3 nitrogen and oxygen atoms in total. The summed E-state index contributed by atoms with van der Waals surface area (Å²) in [5.41, 5.74) is 0.615. The van der Waals surface area contributed by atoms with E-state index in [-0.39, 0.29) is 5.91 Å². The minimum atomic E-state index is -0.0290. The number of hydrogen-bond donors (Lipinski definition) is 0. The van der Waals surface area contributed by atoms with Gasteiger partial charge in [-0.25, -0.2) is 0 Å². The van der Waals surface area contributed by atoms with Crippen LogP contribution in [0.4, 0.5) is 0 Å². The number of hydrogen-bond acceptors (Lipinski definition) is 2. The molecule has 0 saturated heterocycles. The summed E-state index contributed by atoms with van der Waals surface area (Å²) in [6.45, 7) is 0. The highest BCUT2D eigenvalue weighted by Crippen LogP contribution is 2.04. The van der Waals surface area contributed by atoms with Crippen molar-refractivity contribution in [3.63, 3.8) is 0 Å². The number of carbonyl (C=O) groups is 1. The Balaban J connectivity index is 2.86. The van der Waals surface area contributed by atoms with Gasteiger partial charge in [-0.15, -0.1) is 0 Å². The van der Waals surface area contributed by atoms with E-state index in [1.807, 2.05) is 22.9 Å². The third-order valence-corrected chi connectivity index (χ3v) is 1.63. The topological polar surface area (TPSA) is 33.2 Å². The minimum Gasteiger partial charge on any atom is -0.284 e. The Bertz CT molecular complexity index is 248. The fourth-order valence-corrected chi connectivity index (χ4v) is 0.946. The minimum absolute atomic E-state index is 0.0290. The molecule has 11 heavy (non-hydrogen) atoms. The lowest BCUT2D eigenvalue weighted by Crippen LogP contribution is -2.15. The molecule has 0 atom stereocenters. The van der Waals surface area contributed by atoms with E-state index in [1.165, 1.54) is 3.11 Å². The van der Waals surface area contributed by atoms with Gasteiger partial charge in [-0.2, -0.15) is 0 Å². The molecule has 0 aliphatic rings. The maximum atomic E-state index is 11.2. The molecule has 0 unspecified atom stereocenters. The first-order valence-corrected chi connectivity index (χ1v) is 4.02. The zero-order valence-corrected chi connectivity index (χ0v) is 8.15. The van der Waals surface area contributed by atoms with E-state index in [0.29, 0.717) is 5.56 Å². The van der Waals surface area contributed by atoms with E-state index >= 15 is 0 Å². The van der Waals surface area contributed by atoms with Crippen molar-refractivity contribution < 1.29 is 4.79 Å². The van der Waals surface area contributed by atoms with E-state index in [1.54, 1.807) is 31.6 Å². The molecule has 1 heterocycles. The number of halogens is 1. The van der Waals surface area contributed by atoms with Crippen molar-refractivity contribution in [1.82, 2.24) is 8.10 Å². The molecule has 0 bridgehead atoms. The van der Waals surface area contributed by atoms with Crippen molar-refractivity contribution in [1.29, 1.82) is 0 Å². The van der Waals surface area contributed by atoms with Crippen molar-refractivity contribution in [3.8, 4) is 0 Å². The molecular formula is C7H7IN2O. The lowest BCUT2D eigenvalue weighted by molar-refractivity contribution is 0.0906. The van der Waals surface area contributed by atoms with E-state index in [9.17, 15) is 4.79 Å². The van der Waals surface area contributed by atoms with Crippen LogP contribution in [0.3, 0.4) is 0 Å². The van der Waals surface area contributed by atoms with E-state index < -0.39 is 0 Å². The molecule has 58 valence electrons. The molecule has 0 aliphatic carbocycles. The third kappa shape index (κ3) is 2.14. The second-order valence-electron chi connectivity index (χ2n) is 2.02. The Morgan fingerprint density at radius 2 is 2.45 bits per heavy atom. The first-order chi connectivity index (χ1) is 5.22. The summed E-state index contributed by atoms with van der Waals surface area (Å²) in [7, 11) is 1.70. The predicted molar refractivity (Wildman–Crippen MR) is 50.4 cm³/mol. The van der Waals surface area contributed by atoms with Crippen LogP contribution < -0.4 is 0 Å². The van der Waals surface area contributed by atoms with Crippen molar-refractivity contribution >= 4 is 28.8 Å². The number of rotatable bonds is 1. The quantitative estimate of drug-likeness (QED) is 0.567. The molecule has 0 fully saturated rings. The Hall–Kier alpha value is -0.650. The standard InChI is InChI=1S/C7H7IN2O/c1-10(8)7(11)6-3-2-4-9-5-6/h2-5H,1H3. The van der Waals surface area contributed by atoms with Gasteiger partial charge < -0.3 is 0 Å². The second-order valence-corrected chi connectivity index (χ2v) is 3.47. The Kier molecular flexibility index (Phi) is 2.81. The molecule has 1 rings (SSSR count). The zero-order chi connectivity index (χ0) is 8.27. The van der Waals surface area contributed by atoms with Gasteiger partial charge in [0.25, 0.3) is 5.91 Å². The van der Waals surface area contributed by atoms with Crippen LogP contribution in [0.1, 0.15) is 10.4 Å². The summed E-state index contributed by atoms with van der Waals surface area (Å²) in [5.74, 6) is -0.0290. The van der Waals surface area contributed by atoms with Crippen LogP contribution in [0.2, 0.25) is 0 Å². The third-order valence-electron chi connectivity index (χ3n) is 1.19. The largest absolute Gasteiger partial charge is 0.284 e. The molecule has 0 radical (unpaired) electrons. The van der Waals surface area contributed by atoms with Gasteiger partial charge in [0.15, 0.2) is 0 Å². The smallest absolute Gasteiger partial charge is 0.263 e. The van der Waals surface area contributed by atoms with Crippen LogP contribution in [-0.4, -0.2) is 21.1 Å². The fraction of sp³-hybridized carbons (Fsp3) is 0.143. The van der Waals surface area contributed by atoms with Gasteiger partial charge in [-0.05, 0) is 12.1 Å². The number of aromatic nitrogens is 1. The number of carbonyl (C=O) groups excluding carboxylic acids is 1. The molecule has 0 saturated carbocycles. The molecular weight excluding hydrogens is 255 g/mol. The van der Waals surface area contributed by atoms with Gasteiger partial charge in [0.05, 0.1) is 28.4 Å². The van der Waals surface area contributed by atoms with Gasteiger partial charge in [-0.1, -0.05) is 0 Å². The Labute approximate surface area is 78.9 Å². The van der Waals surface area contributed by atoms with Crippen LogP contribution in [0, 0.1) is 0 Å². The lowest BCUT2D eigenvalue weighted by atomic mass is 10.3. The second kappa shape index (κ2) is 3.66. The van der Waals surface area contributed by atoms with Crippen molar-refractivity contribution in [3.05, 3.63) is 30.1 Å². The molecule has 0 aliphatic heterocycles. The highest BCUT2D eigenvalue weighted by Gasteiger charge is 2.07. The van der Waals surface area contributed by atoms with E-state index in [2.05, 4.69) is 4.98 Å².